The van der Waals surface area contributed by atoms with E-state index in [0.29, 0.717) is 0 Å². The van der Waals surface area contributed by atoms with Gasteiger partial charge in [-0.05, 0) is 27.3 Å². The van der Waals surface area contributed by atoms with Crippen LogP contribution in [0.5, 0.6) is 0 Å². The first kappa shape index (κ1) is 12.9. The molecule has 0 rings (SSSR count). The molecule has 0 aromatic heterocycles. The van der Waals surface area contributed by atoms with Crippen LogP contribution in [0.25, 0.3) is 0 Å². The molecular weight excluding hydrogens is 162 g/mol. The van der Waals surface area contributed by atoms with Crippen LogP contribution in [0.4, 0.5) is 0 Å². The average molecular weight is 187 g/mol. The molecule has 0 radical (unpaired) electrons. The third kappa shape index (κ3) is 4.10. The summed E-state index contributed by atoms with van der Waals surface area (Å²) in [5, 5.41) is 3.36. The molecule has 80 valence electrons. The molecule has 0 saturated heterocycles. The third-order valence-corrected chi connectivity index (χ3v) is 3.12. The van der Waals surface area contributed by atoms with Gasteiger partial charge in [0.05, 0.1) is 6.10 Å². The van der Waals surface area contributed by atoms with E-state index in [0.717, 1.165) is 0 Å². The van der Waals surface area contributed by atoms with Crippen LogP contribution in [0.2, 0.25) is 0 Å². The van der Waals surface area contributed by atoms with E-state index in [2.05, 4.69) is 26.1 Å². The number of hydrogen-bond acceptors (Lipinski definition) is 2. The fraction of sp³-hybridized carbons (Fsp3) is 1.00. The number of unbranched alkanes of at least 4 members (excludes halogenated alkanes) is 2. The number of likely N-dealkylation sites (N-methyl/N-ethyl adjacent to an activating group) is 1. The fourth-order valence-corrected chi connectivity index (χ4v) is 1.53. The Kier molecular flexibility index (Phi) is 6.35. The van der Waals surface area contributed by atoms with Gasteiger partial charge in [0.25, 0.3) is 0 Å². The predicted octanol–water partition coefficient (Wildman–Crippen LogP) is 2.58. The fourth-order valence-electron chi connectivity index (χ4n) is 1.53. The van der Waals surface area contributed by atoms with Crippen LogP contribution < -0.4 is 5.32 Å². The Hall–Kier alpha value is -0.0800. The van der Waals surface area contributed by atoms with Crippen molar-refractivity contribution in [2.45, 2.75) is 58.1 Å². The zero-order valence-electron chi connectivity index (χ0n) is 9.81. The van der Waals surface area contributed by atoms with Crippen molar-refractivity contribution in [3.63, 3.8) is 0 Å². The Bertz CT molecular complexity index is 127. The van der Waals surface area contributed by atoms with E-state index in [4.69, 9.17) is 4.74 Å². The molecule has 0 bridgehead atoms. The summed E-state index contributed by atoms with van der Waals surface area (Å²) < 4.78 is 5.37. The molecule has 0 fully saturated rings. The molecule has 0 heterocycles. The Morgan fingerprint density at radius 3 is 2.38 bits per heavy atom. The summed E-state index contributed by atoms with van der Waals surface area (Å²) in [6, 6.07) is 0. The van der Waals surface area contributed by atoms with E-state index in [-0.39, 0.29) is 11.6 Å². The molecule has 0 aliphatic rings. The van der Waals surface area contributed by atoms with Gasteiger partial charge in [-0.2, -0.15) is 0 Å². The summed E-state index contributed by atoms with van der Waals surface area (Å²) in [5.41, 5.74) is 0.129. The SMILES string of the molecule is CCCCCC(C)(NC)C(C)OC. The van der Waals surface area contributed by atoms with Gasteiger partial charge in [-0.3, -0.25) is 0 Å². The summed E-state index contributed by atoms with van der Waals surface area (Å²) in [4.78, 5) is 0. The van der Waals surface area contributed by atoms with E-state index >= 15 is 0 Å². The highest BCUT2D eigenvalue weighted by Gasteiger charge is 2.28. The molecule has 0 aliphatic heterocycles. The molecule has 2 atom stereocenters. The van der Waals surface area contributed by atoms with E-state index < -0.39 is 0 Å². The molecule has 0 spiro atoms. The van der Waals surface area contributed by atoms with Gasteiger partial charge in [0.15, 0.2) is 0 Å². The van der Waals surface area contributed by atoms with Gasteiger partial charge in [0.1, 0.15) is 0 Å². The second-order valence-corrected chi connectivity index (χ2v) is 4.00. The number of rotatable bonds is 7. The minimum absolute atomic E-state index is 0.129. The highest BCUT2D eigenvalue weighted by atomic mass is 16.5. The summed E-state index contributed by atoms with van der Waals surface area (Å²) in [5.74, 6) is 0. The summed E-state index contributed by atoms with van der Waals surface area (Å²) in [6.45, 7) is 6.59. The monoisotopic (exact) mass is 187 g/mol. The van der Waals surface area contributed by atoms with E-state index in [1.165, 1.54) is 25.7 Å². The highest BCUT2D eigenvalue weighted by Crippen LogP contribution is 2.20. The minimum atomic E-state index is 0.129. The smallest absolute Gasteiger partial charge is 0.0721 e. The van der Waals surface area contributed by atoms with E-state index in [1.807, 2.05) is 7.05 Å². The Morgan fingerprint density at radius 1 is 1.38 bits per heavy atom. The third-order valence-electron chi connectivity index (χ3n) is 3.12. The van der Waals surface area contributed by atoms with Gasteiger partial charge in [0.2, 0.25) is 0 Å². The predicted molar refractivity (Wildman–Crippen MR) is 58.1 cm³/mol. The van der Waals surface area contributed by atoms with Gasteiger partial charge in [-0.15, -0.1) is 0 Å². The van der Waals surface area contributed by atoms with Crippen molar-refractivity contribution in [2.24, 2.45) is 0 Å². The number of hydrogen-bond donors (Lipinski definition) is 1. The van der Waals surface area contributed by atoms with Crippen LogP contribution in [0, 0.1) is 0 Å². The zero-order valence-corrected chi connectivity index (χ0v) is 9.81. The number of nitrogens with one attached hydrogen (secondary N) is 1. The zero-order chi connectivity index (χ0) is 10.3. The summed E-state index contributed by atoms with van der Waals surface area (Å²) in [6.07, 6.45) is 5.33. The summed E-state index contributed by atoms with van der Waals surface area (Å²) in [7, 11) is 3.79. The highest BCUT2D eigenvalue weighted by molar-refractivity contribution is 4.87. The van der Waals surface area contributed by atoms with Crippen molar-refractivity contribution in [1.82, 2.24) is 5.32 Å². The molecule has 0 aliphatic carbocycles. The standard InChI is InChI=1S/C11H25NO/c1-6-7-8-9-11(3,12-4)10(2)13-5/h10,12H,6-9H2,1-5H3. The lowest BCUT2D eigenvalue weighted by molar-refractivity contribution is 0.0363. The molecule has 1 N–H and O–H groups in total. The minimum Gasteiger partial charge on any atom is -0.380 e. The van der Waals surface area contributed by atoms with Gasteiger partial charge in [0, 0.05) is 12.6 Å². The number of methoxy groups -OCH3 is 1. The molecule has 2 nitrogen and oxygen atoms in total. The first-order valence-electron chi connectivity index (χ1n) is 5.32. The lowest BCUT2D eigenvalue weighted by Gasteiger charge is -2.34. The Morgan fingerprint density at radius 2 is 2.00 bits per heavy atom. The molecule has 2 unspecified atom stereocenters. The van der Waals surface area contributed by atoms with Crippen molar-refractivity contribution in [2.75, 3.05) is 14.2 Å². The largest absolute Gasteiger partial charge is 0.380 e. The van der Waals surface area contributed by atoms with Crippen molar-refractivity contribution >= 4 is 0 Å². The van der Waals surface area contributed by atoms with Crippen LogP contribution in [0.1, 0.15) is 46.5 Å². The lowest BCUT2D eigenvalue weighted by Crippen LogP contribution is -2.49. The van der Waals surface area contributed by atoms with Gasteiger partial charge >= 0.3 is 0 Å². The van der Waals surface area contributed by atoms with E-state index in [9.17, 15) is 0 Å². The Balaban J connectivity index is 3.95. The normalized spacial score (nSPS) is 18.2. The quantitative estimate of drug-likeness (QED) is 0.619. The van der Waals surface area contributed by atoms with Crippen molar-refractivity contribution in [3.05, 3.63) is 0 Å². The van der Waals surface area contributed by atoms with Crippen molar-refractivity contribution < 1.29 is 4.74 Å². The molecule has 0 saturated carbocycles. The van der Waals surface area contributed by atoms with Crippen molar-refractivity contribution in [3.8, 4) is 0 Å². The van der Waals surface area contributed by atoms with Crippen LogP contribution >= 0.6 is 0 Å². The molecule has 2 heteroatoms. The average Bonchev–Trinajstić information content (AvgIpc) is 2.16. The van der Waals surface area contributed by atoms with Gasteiger partial charge in [-0.1, -0.05) is 26.2 Å². The van der Waals surface area contributed by atoms with Gasteiger partial charge < -0.3 is 10.1 Å². The van der Waals surface area contributed by atoms with Crippen LogP contribution in [-0.4, -0.2) is 25.8 Å². The molecule has 0 aromatic rings. The summed E-state index contributed by atoms with van der Waals surface area (Å²) >= 11 is 0. The van der Waals surface area contributed by atoms with Gasteiger partial charge in [-0.25, -0.2) is 0 Å². The Labute approximate surface area is 83.1 Å². The topological polar surface area (TPSA) is 21.3 Å². The van der Waals surface area contributed by atoms with Crippen molar-refractivity contribution in [1.29, 1.82) is 0 Å². The maximum absolute atomic E-state index is 5.37. The maximum atomic E-state index is 5.37. The molecule has 13 heavy (non-hydrogen) atoms. The molecule has 0 aromatic carbocycles. The molecular formula is C11H25NO. The van der Waals surface area contributed by atoms with Crippen LogP contribution in [0.3, 0.4) is 0 Å². The van der Waals surface area contributed by atoms with Crippen LogP contribution in [0.15, 0.2) is 0 Å². The second kappa shape index (κ2) is 6.39. The first-order chi connectivity index (χ1) is 6.10. The first-order valence-corrected chi connectivity index (χ1v) is 5.32. The van der Waals surface area contributed by atoms with Crippen LogP contribution in [-0.2, 0) is 4.74 Å². The van der Waals surface area contributed by atoms with E-state index in [1.54, 1.807) is 7.11 Å². The lowest BCUT2D eigenvalue weighted by atomic mass is 9.89. The second-order valence-electron chi connectivity index (χ2n) is 4.00. The maximum Gasteiger partial charge on any atom is 0.0721 e. The molecule has 0 amide bonds. The number of ether oxygens (including phenoxy) is 1.